The zero-order valence-corrected chi connectivity index (χ0v) is 23.6. The number of aromatic nitrogens is 1. The van der Waals surface area contributed by atoms with Crippen molar-refractivity contribution in [1.82, 2.24) is 5.06 Å². The molecule has 1 aromatic heterocycles. The maximum Gasteiger partial charge on any atom is 0.430 e. The molecule has 1 aliphatic rings. The fourth-order valence-electron chi connectivity index (χ4n) is 3.78. The van der Waals surface area contributed by atoms with Crippen molar-refractivity contribution < 1.29 is 46.9 Å². The molecule has 2 aromatic carbocycles. The van der Waals surface area contributed by atoms with Gasteiger partial charge in [0.2, 0.25) is 5.52 Å². The van der Waals surface area contributed by atoms with Gasteiger partial charge in [-0.25, -0.2) is 4.79 Å². The van der Waals surface area contributed by atoms with Crippen molar-refractivity contribution in [2.75, 3.05) is 19.0 Å². The number of nitrogens with zero attached hydrogens (tertiary/aromatic N) is 3. The lowest BCUT2D eigenvalue weighted by atomic mass is 10.2. The summed E-state index contributed by atoms with van der Waals surface area (Å²) in [5.41, 5.74) is 3.38. The molecule has 1 fully saturated rings. The summed E-state index contributed by atoms with van der Waals surface area (Å²) in [6, 6.07) is 16.5. The van der Waals surface area contributed by atoms with E-state index < -0.39 is 29.9 Å². The number of carboxylic acid groups (broad SMARTS) is 1. The molecule has 0 spiro atoms. The standard InChI is InChI=1S/C27H28N3O4S.C2HF3O2/c1-28(2)21-15-13-20(14-16-21)8-3-6-11-26-29(22-9-4-5-10-23(22)35-26)19-7-12-27(33)34-30-24(31)17-18-25(30)32;3-2(4,5)1(6)7/h3-6,8-11,13-16H,7,12,17-19H2,1-2H3;(H,6,7)/q+1;/p-1. The number of carboxylic acids is 1. The number of hydrogen-bond donors (Lipinski definition) is 0. The Balaban J connectivity index is 0.000000616. The number of imide groups is 1. The van der Waals surface area contributed by atoms with E-state index >= 15 is 0 Å². The van der Waals surface area contributed by atoms with E-state index in [-0.39, 0.29) is 19.3 Å². The van der Waals surface area contributed by atoms with E-state index in [0.717, 1.165) is 26.5 Å². The van der Waals surface area contributed by atoms with Crippen LogP contribution in [-0.2, 0) is 30.6 Å². The summed E-state index contributed by atoms with van der Waals surface area (Å²) in [5.74, 6) is -4.51. The van der Waals surface area contributed by atoms with Gasteiger partial charge in [-0.1, -0.05) is 53.8 Å². The van der Waals surface area contributed by atoms with Gasteiger partial charge < -0.3 is 19.6 Å². The molecule has 0 aliphatic carbocycles. The molecule has 0 bridgehead atoms. The van der Waals surface area contributed by atoms with Gasteiger partial charge in [0, 0.05) is 51.2 Å². The van der Waals surface area contributed by atoms with E-state index in [9.17, 15) is 27.6 Å². The molecular formula is C29H28F3N3O6S. The Bertz CT molecular complexity index is 1480. The Kier molecular flexibility index (Phi) is 11.0. The Morgan fingerprint density at radius 2 is 1.62 bits per heavy atom. The fraction of sp³-hybridized carbons (Fsp3) is 0.276. The maximum absolute atomic E-state index is 12.2. The number of thiazole rings is 1. The molecule has 0 N–H and O–H groups in total. The highest BCUT2D eigenvalue weighted by Gasteiger charge is 2.33. The number of allylic oxidation sites excluding steroid dienone is 2. The molecule has 13 heteroatoms. The SMILES string of the molecule is CN(C)c1ccc(C=CC=Cc2sc3ccccc3[n+]2CCCC(=O)ON2C(=O)CCC2=O)cc1.O=C([O-])C(F)(F)F. The summed E-state index contributed by atoms with van der Waals surface area (Å²) in [6.07, 6.45) is 3.78. The number of carbonyl (C=O) groups is 4. The van der Waals surface area contributed by atoms with Gasteiger partial charge in [-0.15, -0.1) is 5.06 Å². The van der Waals surface area contributed by atoms with Gasteiger partial charge in [-0.3, -0.25) is 9.59 Å². The predicted octanol–water partition coefficient (Wildman–Crippen LogP) is 3.67. The van der Waals surface area contributed by atoms with Crippen LogP contribution in [0.25, 0.3) is 22.4 Å². The number of rotatable bonds is 9. The average molecular weight is 604 g/mol. The lowest BCUT2D eigenvalue weighted by molar-refractivity contribution is -0.669. The number of amides is 2. The van der Waals surface area contributed by atoms with Crippen LogP contribution in [0.1, 0.15) is 36.3 Å². The molecule has 42 heavy (non-hydrogen) atoms. The van der Waals surface area contributed by atoms with Gasteiger partial charge in [0.1, 0.15) is 10.7 Å². The first-order valence-corrected chi connectivity index (χ1v) is 13.6. The molecule has 1 saturated heterocycles. The highest BCUT2D eigenvalue weighted by atomic mass is 32.1. The van der Waals surface area contributed by atoms with Crippen LogP contribution in [-0.4, -0.2) is 49.1 Å². The highest BCUT2D eigenvalue weighted by Crippen LogP contribution is 2.22. The molecule has 222 valence electrons. The fourth-order valence-corrected chi connectivity index (χ4v) is 4.88. The summed E-state index contributed by atoms with van der Waals surface area (Å²) < 4.78 is 34.9. The third-order valence-corrected chi connectivity index (χ3v) is 7.01. The molecule has 4 rings (SSSR count). The molecule has 0 saturated carbocycles. The first-order valence-electron chi connectivity index (χ1n) is 12.7. The lowest BCUT2D eigenvalue weighted by Gasteiger charge is -2.11. The second-order valence-electron chi connectivity index (χ2n) is 9.20. The normalized spacial score (nSPS) is 13.6. The third kappa shape index (κ3) is 8.99. The highest BCUT2D eigenvalue weighted by molar-refractivity contribution is 7.18. The van der Waals surface area contributed by atoms with Gasteiger partial charge in [0.15, 0.2) is 6.54 Å². The number of carbonyl (C=O) groups excluding carboxylic acids is 4. The van der Waals surface area contributed by atoms with Crippen LogP contribution in [0, 0.1) is 0 Å². The van der Waals surface area contributed by atoms with E-state index in [0.29, 0.717) is 18.0 Å². The molecule has 9 nitrogen and oxygen atoms in total. The van der Waals surface area contributed by atoms with Crippen molar-refractivity contribution in [2.24, 2.45) is 0 Å². The minimum Gasteiger partial charge on any atom is -0.542 e. The number of hydroxylamine groups is 2. The molecule has 0 atom stereocenters. The summed E-state index contributed by atoms with van der Waals surface area (Å²) >= 11 is 1.68. The van der Waals surface area contributed by atoms with Crippen LogP contribution in [0.15, 0.2) is 60.7 Å². The van der Waals surface area contributed by atoms with Gasteiger partial charge in [0.25, 0.3) is 16.8 Å². The quantitative estimate of drug-likeness (QED) is 0.209. The van der Waals surface area contributed by atoms with Crippen molar-refractivity contribution in [3.63, 3.8) is 0 Å². The van der Waals surface area contributed by atoms with Gasteiger partial charge in [-0.2, -0.15) is 17.7 Å². The number of aliphatic carboxylic acids is 1. The van der Waals surface area contributed by atoms with Crippen LogP contribution in [0.4, 0.5) is 18.9 Å². The Labute approximate surface area is 243 Å². The molecular weight excluding hydrogens is 575 g/mol. The Morgan fingerprint density at radius 1 is 1.02 bits per heavy atom. The number of halogens is 3. The van der Waals surface area contributed by atoms with Crippen molar-refractivity contribution in [3.8, 4) is 0 Å². The average Bonchev–Trinajstić information content (AvgIpc) is 3.45. The van der Waals surface area contributed by atoms with Gasteiger partial charge in [-0.05, 0) is 23.8 Å². The van der Waals surface area contributed by atoms with Crippen LogP contribution >= 0.6 is 11.3 Å². The van der Waals surface area contributed by atoms with E-state index in [1.807, 2.05) is 38.4 Å². The molecule has 3 aromatic rings. The number of fused-ring (bicyclic) bond motifs is 1. The summed E-state index contributed by atoms with van der Waals surface area (Å²) in [7, 11) is 4.04. The van der Waals surface area contributed by atoms with E-state index in [2.05, 4.69) is 58.0 Å². The first kappa shape index (κ1) is 32.0. The van der Waals surface area contributed by atoms with Crippen molar-refractivity contribution >= 4 is 63.1 Å². The minimum atomic E-state index is -5.19. The summed E-state index contributed by atoms with van der Waals surface area (Å²) in [6.45, 7) is 0.608. The molecule has 1 aliphatic heterocycles. The Morgan fingerprint density at radius 3 is 2.21 bits per heavy atom. The lowest BCUT2D eigenvalue weighted by Crippen LogP contribution is -2.37. The third-order valence-electron chi connectivity index (χ3n) is 5.88. The molecule has 0 radical (unpaired) electrons. The Hall–Kier alpha value is -4.52. The van der Waals surface area contributed by atoms with E-state index in [4.69, 9.17) is 14.7 Å². The van der Waals surface area contributed by atoms with Crippen LogP contribution < -0.4 is 14.6 Å². The predicted molar refractivity (Wildman–Crippen MR) is 148 cm³/mol. The topological polar surface area (TPSA) is 111 Å². The summed E-state index contributed by atoms with van der Waals surface area (Å²) in [5, 5.41) is 10.5. The summed E-state index contributed by atoms with van der Waals surface area (Å²) in [4.78, 5) is 51.3. The second-order valence-corrected chi connectivity index (χ2v) is 10.3. The van der Waals surface area contributed by atoms with Crippen LogP contribution in [0.2, 0.25) is 0 Å². The molecule has 2 amide bonds. The monoisotopic (exact) mass is 603 g/mol. The number of aryl methyl sites for hydroxylation is 1. The number of hydrogen-bond acceptors (Lipinski definition) is 8. The number of anilines is 1. The van der Waals surface area contributed by atoms with Crippen molar-refractivity contribution in [3.05, 3.63) is 71.3 Å². The van der Waals surface area contributed by atoms with E-state index in [1.165, 1.54) is 0 Å². The largest absolute Gasteiger partial charge is 0.542 e. The number of para-hydroxylation sites is 1. The van der Waals surface area contributed by atoms with Gasteiger partial charge >= 0.3 is 12.1 Å². The van der Waals surface area contributed by atoms with Crippen LogP contribution in [0.5, 0.6) is 0 Å². The number of alkyl halides is 3. The number of benzene rings is 2. The zero-order chi connectivity index (χ0) is 30.9. The molecule has 0 unspecified atom stereocenters. The van der Waals surface area contributed by atoms with Gasteiger partial charge in [0.05, 0.1) is 6.42 Å². The van der Waals surface area contributed by atoms with Crippen molar-refractivity contribution in [2.45, 2.75) is 38.4 Å². The first-order chi connectivity index (χ1) is 19.9. The van der Waals surface area contributed by atoms with Crippen LogP contribution in [0.3, 0.4) is 0 Å². The second kappa shape index (κ2) is 14.4. The maximum atomic E-state index is 12.2. The minimum absolute atomic E-state index is 0.0917. The van der Waals surface area contributed by atoms with Crippen molar-refractivity contribution in [1.29, 1.82) is 0 Å². The molecule has 2 heterocycles. The van der Waals surface area contributed by atoms with E-state index in [1.54, 1.807) is 11.3 Å². The smallest absolute Gasteiger partial charge is 0.430 e. The zero-order valence-electron chi connectivity index (χ0n) is 22.8.